The average molecular weight is 664 g/mol. The van der Waals surface area contributed by atoms with E-state index in [9.17, 15) is 13.2 Å². The Morgan fingerprint density at radius 3 is 2.38 bits per heavy atom. The zero-order valence-corrected chi connectivity index (χ0v) is 24.9. The molecule has 0 spiro atoms. The van der Waals surface area contributed by atoms with Gasteiger partial charge in [-0.1, -0.05) is 68.7 Å². The van der Waals surface area contributed by atoms with Gasteiger partial charge in [-0.3, -0.25) is 4.79 Å². The summed E-state index contributed by atoms with van der Waals surface area (Å²) in [5.41, 5.74) is 1.85. The Balaban J connectivity index is 1.67. The van der Waals surface area contributed by atoms with Gasteiger partial charge >= 0.3 is 0 Å². The van der Waals surface area contributed by atoms with Crippen LogP contribution in [0.3, 0.4) is 0 Å². The molecule has 1 amide bonds. The van der Waals surface area contributed by atoms with E-state index >= 15 is 0 Å². The molecule has 192 valence electrons. The molecule has 4 aromatic rings. The molecule has 0 bridgehead atoms. The third-order valence-electron chi connectivity index (χ3n) is 5.54. The second-order valence-corrected chi connectivity index (χ2v) is 13.1. The highest BCUT2D eigenvalue weighted by molar-refractivity contribution is 9.10. The smallest absolute Gasteiger partial charge is 0.267 e. The quantitative estimate of drug-likeness (QED) is 0.144. The lowest BCUT2D eigenvalue weighted by Crippen LogP contribution is -2.28. The van der Waals surface area contributed by atoms with Crippen molar-refractivity contribution in [3.63, 3.8) is 0 Å². The summed E-state index contributed by atoms with van der Waals surface area (Å²) in [5, 5.41) is 6.13. The first-order chi connectivity index (χ1) is 17.7. The highest BCUT2D eigenvalue weighted by Gasteiger charge is 2.24. The first-order valence-electron chi connectivity index (χ1n) is 11.5. The predicted octanol–water partition coefficient (Wildman–Crippen LogP) is 6.92. The van der Waals surface area contributed by atoms with Crippen molar-refractivity contribution in [1.82, 2.24) is 9.29 Å². The lowest BCUT2D eigenvalue weighted by atomic mass is 10.2. The van der Waals surface area contributed by atoms with Gasteiger partial charge in [0.2, 0.25) is 15.2 Å². The van der Waals surface area contributed by atoms with Crippen molar-refractivity contribution in [3.8, 4) is 0 Å². The highest BCUT2D eigenvalue weighted by atomic mass is 79.9. The van der Waals surface area contributed by atoms with Crippen LogP contribution in [-0.4, -0.2) is 43.4 Å². The lowest BCUT2D eigenvalue weighted by molar-refractivity contribution is 0.0987. The molecule has 0 aliphatic rings. The molecule has 0 aliphatic carbocycles. The van der Waals surface area contributed by atoms with Crippen LogP contribution in [0, 0.1) is 0 Å². The van der Waals surface area contributed by atoms with Crippen LogP contribution in [0.15, 0.2) is 85.7 Å². The minimum absolute atomic E-state index is 0.136. The molecule has 0 fully saturated rings. The summed E-state index contributed by atoms with van der Waals surface area (Å²) in [6, 6.07) is 19.2. The van der Waals surface area contributed by atoms with Gasteiger partial charge < -0.3 is 0 Å². The number of hydrogen-bond acceptors (Lipinski definition) is 6. The molecular formula is C26H24Br2N4O3S2. The Kier molecular flexibility index (Phi) is 8.91. The monoisotopic (exact) mass is 662 g/mol. The maximum absolute atomic E-state index is 13.6. The number of thiazole rings is 1. The van der Waals surface area contributed by atoms with Crippen LogP contribution < -0.4 is 5.01 Å². The van der Waals surface area contributed by atoms with Gasteiger partial charge in [-0.25, -0.2) is 17.7 Å². The predicted molar refractivity (Wildman–Crippen MR) is 157 cm³/mol. The van der Waals surface area contributed by atoms with Crippen LogP contribution in [-0.2, 0) is 10.0 Å². The molecule has 0 unspecified atom stereocenters. The molecule has 0 saturated heterocycles. The fourth-order valence-corrected chi connectivity index (χ4v) is 6.36. The Labute approximate surface area is 237 Å². The zero-order chi connectivity index (χ0) is 26.6. The van der Waals surface area contributed by atoms with Crippen molar-refractivity contribution in [2.45, 2.75) is 24.7 Å². The summed E-state index contributed by atoms with van der Waals surface area (Å²) in [5.74, 6) is -0.422. The summed E-state index contributed by atoms with van der Waals surface area (Å²) in [7, 11) is -2.07. The van der Waals surface area contributed by atoms with E-state index < -0.39 is 15.9 Å². The normalized spacial score (nSPS) is 12.0. The number of benzene rings is 3. The van der Waals surface area contributed by atoms with Gasteiger partial charge in [0, 0.05) is 28.1 Å². The van der Waals surface area contributed by atoms with E-state index in [4.69, 9.17) is 0 Å². The topological polar surface area (TPSA) is 82.9 Å². The van der Waals surface area contributed by atoms with Crippen molar-refractivity contribution in [2.24, 2.45) is 5.10 Å². The van der Waals surface area contributed by atoms with Gasteiger partial charge in [0.1, 0.15) is 0 Å². The molecular weight excluding hydrogens is 640 g/mol. The van der Waals surface area contributed by atoms with E-state index in [0.717, 1.165) is 37.6 Å². The van der Waals surface area contributed by atoms with Crippen LogP contribution >= 0.6 is 43.2 Å². The second kappa shape index (κ2) is 12.0. The summed E-state index contributed by atoms with van der Waals surface area (Å²) in [6.45, 7) is 2.45. The number of fused-ring (bicyclic) bond motifs is 1. The van der Waals surface area contributed by atoms with Crippen molar-refractivity contribution >= 4 is 80.7 Å². The van der Waals surface area contributed by atoms with Gasteiger partial charge in [-0.05, 0) is 66.6 Å². The van der Waals surface area contributed by atoms with Gasteiger partial charge in [-0.2, -0.15) is 10.1 Å². The van der Waals surface area contributed by atoms with E-state index in [0.29, 0.717) is 17.2 Å². The van der Waals surface area contributed by atoms with E-state index in [2.05, 4.69) is 41.9 Å². The molecule has 0 N–H and O–H groups in total. The van der Waals surface area contributed by atoms with Gasteiger partial charge in [0.05, 0.1) is 21.3 Å². The molecule has 0 saturated carbocycles. The molecule has 4 rings (SSSR count). The summed E-state index contributed by atoms with van der Waals surface area (Å²) in [4.78, 5) is 18.4. The SMILES string of the molecule is CCCCN(C)S(=O)(=O)c1ccc(C(=O)N(/N=C/c2ccc(Br)cc2)c2nc3ccc(Br)cc3s2)cc1. The van der Waals surface area contributed by atoms with E-state index in [1.165, 1.54) is 44.9 Å². The average Bonchev–Trinajstić information content (AvgIpc) is 3.31. The number of aromatic nitrogens is 1. The number of halogens is 2. The van der Waals surface area contributed by atoms with Gasteiger partial charge in [0.15, 0.2) is 0 Å². The first-order valence-corrected chi connectivity index (χ1v) is 15.3. The number of amides is 1. The fraction of sp³-hybridized carbons (Fsp3) is 0.192. The summed E-state index contributed by atoms with van der Waals surface area (Å²) in [6.07, 6.45) is 3.26. The molecule has 0 radical (unpaired) electrons. The molecule has 0 atom stereocenters. The molecule has 37 heavy (non-hydrogen) atoms. The molecule has 0 aliphatic heterocycles. The van der Waals surface area contributed by atoms with Crippen molar-refractivity contribution in [2.75, 3.05) is 18.6 Å². The maximum atomic E-state index is 13.6. The minimum atomic E-state index is -3.64. The van der Waals surface area contributed by atoms with Gasteiger partial charge in [-0.15, -0.1) is 0 Å². The number of anilines is 1. The third kappa shape index (κ3) is 6.53. The Morgan fingerprint density at radius 2 is 1.70 bits per heavy atom. The Hall–Kier alpha value is -2.44. The Morgan fingerprint density at radius 1 is 1.03 bits per heavy atom. The van der Waals surface area contributed by atoms with Crippen LogP contribution in [0.4, 0.5) is 5.13 Å². The summed E-state index contributed by atoms with van der Waals surface area (Å²) < 4.78 is 29.8. The largest absolute Gasteiger partial charge is 0.280 e. The van der Waals surface area contributed by atoms with Crippen molar-refractivity contribution in [3.05, 3.63) is 86.8 Å². The number of hydrogen-bond donors (Lipinski definition) is 0. The summed E-state index contributed by atoms with van der Waals surface area (Å²) >= 11 is 8.22. The highest BCUT2D eigenvalue weighted by Crippen LogP contribution is 2.32. The number of hydrazone groups is 1. The molecule has 1 heterocycles. The molecule has 7 nitrogen and oxygen atoms in total. The second-order valence-electron chi connectivity index (χ2n) is 8.23. The van der Waals surface area contributed by atoms with E-state index in [1.54, 1.807) is 13.3 Å². The van der Waals surface area contributed by atoms with E-state index in [1.807, 2.05) is 49.4 Å². The molecule has 1 aromatic heterocycles. The number of carbonyl (C=O) groups is 1. The van der Waals surface area contributed by atoms with Crippen LogP contribution in [0.2, 0.25) is 0 Å². The van der Waals surface area contributed by atoms with Gasteiger partial charge in [0.25, 0.3) is 5.91 Å². The molecule has 3 aromatic carbocycles. The van der Waals surface area contributed by atoms with Crippen molar-refractivity contribution < 1.29 is 13.2 Å². The number of carbonyl (C=O) groups excluding carboxylic acids is 1. The lowest BCUT2D eigenvalue weighted by Gasteiger charge is -2.17. The number of sulfonamides is 1. The number of unbranched alkanes of at least 4 members (excludes halogenated alkanes) is 1. The minimum Gasteiger partial charge on any atom is -0.267 e. The van der Waals surface area contributed by atoms with Crippen LogP contribution in [0.5, 0.6) is 0 Å². The standard InChI is InChI=1S/C26H24Br2N4O3S2/c1-3-4-15-31(2)37(34,35)22-12-7-19(8-13-22)25(33)32(29-17-18-5-9-20(27)10-6-18)26-30-23-14-11-21(28)16-24(23)36-26/h5-14,16-17H,3-4,15H2,1-2H3/b29-17+. The third-order valence-corrected chi connectivity index (χ3v) is 9.43. The number of nitrogens with zero attached hydrogens (tertiary/aromatic N) is 4. The fourth-order valence-electron chi connectivity index (χ4n) is 3.41. The number of rotatable bonds is 9. The van der Waals surface area contributed by atoms with Crippen LogP contribution in [0.25, 0.3) is 10.2 Å². The maximum Gasteiger partial charge on any atom is 0.280 e. The zero-order valence-electron chi connectivity index (χ0n) is 20.1. The molecule has 11 heteroatoms. The Bertz CT molecular complexity index is 1540. The first kappa shape index (κ1) is 27.6. The van der Waals surface area contributed by atoms with Crippen molar-refractivity contribution in [1.29, 1.82) is 0 Å². The van der Waals surface area contributed by atoms with Crippen LogP contribution in [0.1, 0.15) is 35.7 Å². The van der Waals surface area contributed by atoms with E-state index in [-0.39, 0.29) is 4.90 Å².